The average Bonchev–Trinajstić information content (AvgIpc) is 2.97. The van der Waals surface area contributed by atoms with Gasteiger partial charge in [0.05, 0.1) is 5.39 Å². The quantitative estimate of drug-likeness (QED) is 0.381. The molecule has 0 spiro atoms. The molecule has 2 rings (SSSR count). The Morgan fingerprint density at radius 1 is 1.30 bits per heavy atom. The molecule has 4 N–H and O–H groups in total. The normalized spacial score (nSPS) is 12.3. The van der Waals surface area contributed by atoms with Crippen molar-refractivity contribution >= 4 is 34.8 Å². The molecule has 0 fully saturated rings. The minimum Gasteiger partial charge on any atom is -0.473 e. The van der Waals surface area contributed by atoms with Gasteiger partial charge in [0.1, 0.15) is 24.9 Å². The van der Waals surface area contributed by atoms with E-state index in [0.29, 0.717) is 16.0 Å². The number of amides is 2. The molecule has 148 valence electrons. The minimum absolute atomic E-state index is 0.0781. The lowest BCUT2D eigenvalue weighted by atomic mass is 10.2. The highest BCUT2D eigenvalue weighted by molar-refractivity contribution is 6.31. The predicted octanol–water partition coefficient (Wildman–Crippen LogP) is 2.35. The molecule has 1 unspecified atom stereocenters. The molecule has 0 aliphatic rings. The average molecular weight is 401 g/mol. The largest absolute Gasteiger partial charge is 0.473 e. The number of fused-ring (bicyclic) bond motifs is 1. The maximum Gasteiger partial charge on any atom is 0.421 e. The molecule has 11 heteroatoms. The minimum atomic E-state index is -0.857. The first-order valence-corrected chi connectivity index (χ1v) is 8.36. The Hall–Kier alpha value is -2.72. The van der Waals surface area contributed by atoms with Gasteiger partial charge in [-0.05, 0) is 44.1 Å². The summed E-state index contributed by atoms with van der Waals surface area (Å²) < 4.78 is 20.8. The first kappa shape index (κ1) is 20.6. The van der Waals surface area contributed by atoms with Crippen LogP contribution < -0.4 is 21.3 Å². The Balaban J connectivity index is 2.04. The van der Waals surface area contributed by atoms with Crippen molar-refractivity contribution in [2.45, 2.75) is 32.4 Å². The maximum absolute atomic E-state index is 12.0. The number of carbonyl (C=O) groups excluding carboxylic acids is 2. The van der Waals surface area contributed by atoms with E-state index in [1.807, 2.05) is 5.43 Å². The third kappa shape index (κ3) is 6.50. The van der Waals surface area contributed by atoms with Gasteiger partial charge in [0.25, 0.3) is 5.88 Å². The molecule has 0 radical (unpaired) electrons. The first-order valence-electron chi connectivity index (χ1n) is 7.98. The fraction of sp³-hybridized carbons (Fsp3) is 0.438. The smallest absolute Gasteiger partial charge is 0.421 e. The Labute approximate surface area is 160 Å². The van der Waals surface area contributed by atoms with Crippen LogP contribution in [0.5, 0.6) is 5.88 Å². The molecular weight excluding hydrogens is 380 g/mol. The van der Waals surface area contributed by atoms with Gasteiger partial charge >= 0.3 is 12.2 Å². The van der Waals surface area contributed by atoms with Gasteiger partial charge in [-0.1, -0.05) is 11.6 Å². The first-order chi connectivity index (χ1) is 12.7. The van der Waals surface area contributed by atoms with Crippen LogP contribution >= 0.6 is 11.6 Å². The molecule has 0 aliphatic carbocycles. The van der Waals surface area contributed by atoms with E-state index in [1.165, 1.54) is 0 Å². The Morgan fingerprint density at radius 2 is 2.04 bits per heavy atom. The summed E-state index contributed by atoms with van der Waals surface area (Å²) in [6.45, 7) is 4.88. The van der Waals surface area contributed by atoms with E-state index in [4.69, 9.17) is 36.2 Å². The van der Waals surface area contributed by atoms with Crippen LogP contribution in [0, 0.1) is 0 Å². The highest BCUT2D eigenvalue weighted by Crippen LogP contribution is 2.27. The lowest BCUT2D eigenvalue weighted by Crippen LogP contribution is -2.46. The number of halogens is 1. The predicted molar refractivity (Wildman–Crippen MR) is 96.3 cm³/mol. The van der Waals surface area contributed by atoms with Crippen molar-refractivity contribution in [1.82, 2.24) is 15.9 Å². The third-order valence-electron chi connectivity index (χ3n) is 3.07. The Kier molecular flexibility index (Phi) is 6.70. The third-order valence-corrected chi connectivity index (χ3v) is 3.31. The molecule has 0 saturated carbocycles. The number of hydrogen-bond acceptors (Lipinski definition) is 8. The number of benzene rings is 1. The number of rotatable bonds is 6. The van der Waals surface area contributed by atoms with E-state index < -0.39 is 23.8 Å². The second kappa shape index (κ2) is 8.78. The summed E-state index contributed by atoms with van der Waals surface area (Å²) >= 11 is 5.97. The van der Waals surface area contributed by atoms with Crippen molar-refractivity contribution in [3.63, 3.8) is 0 Å². The molecule has 0 aliphatic heterocycles. The number of nitrogens with two attached hydrogens (primary N) is 1. The molecule has 0 bridgehead atoms. The highest BCUT2D eigenvalue weighted by atomic mass is 35.5. The molecule has 2 amide bonds. The summed E-state index contributed by atoms with van der Waals surface area (Å²) in [5, 5.41) is 7.43. The summed E-state index contributed by atoms with van der Waals surface area (Å²) in [5.41, 5.74) is 1.62. The van der Waals surface area contributed by atoms with Crippen LogP contribution in [0.3, 0.4) is 0 Å². The topological polar surface area (TPSA) is 138 Å². The van der Waals surface area contributed by atoms with Gasteiger partial charge in [-0.3, -0.25) is 5.43 Å². The van der Waals surface area contributed by atoms with Crippen LogP contribution in [0.15, 0.2) is 22.7 Å². The highest BCUT2D eigenvalue weighted by Gasteiger charge is 2.22. The van der Waals surface area contributed by atoms with E-state index in [0.717, 1.165) is 0 Å². The summed E-state index contributed by atoms with van der Waals surface area (Å²) in [7, 11) is 0. The van der Waals surface area contributed by atoms with Gasteiger partial charge < -0.3 is 24.1 Å². The summed E-state index contributed by atoms with van der Waals surface area (Å²) in [4.78, 5) is 23.2. The van der Waals surface area contributed by atoms with E-state index in [1.54, 1.807) is 39.0 Å². The van der Waals surface area contributed by atoms with Crippen molar-refractivity contribution in [1.29, 1.82) is 0 Å². The van der Waals surface area contributed by atoms with Gasteiger partial charge in [-0.2, -0.15) is 0 Å². The van der Waals surface area contributed by atoms with Crippen LogP contribution in [0.25, 0.3) is 11.0 Å². The lowest BCUT2D eigenvalue weighted by Gasteiger charge is -2.23. The van der Waals surface area contributed by atoms with Crippen LogP contribution in [0.4, 0.5) is 9.59 Å². The summed E-state index contributed by atoms with van der Waals surface area (Å²) in [5.74, 6) is 5.15. The van der Waals surface area contributed by atoms with Gasteiger partial charge in [0.15, 0.2) is 5.58 Å². The van der Waals surface area contributed by atoms with Crippen molar-refractivity contribution in [2.24, 2.45) is 5.84 Å². The number of nitrogens with one attached hydrogen (secondary N) is 2. The zero-order valence-corrected chi connectivity index (χ0v) is 15.8. The molecule has 1 heterocycles. The lowest BCUT2D eigenvalue weighted by molar-refractivity contribution is 0.0441. The summed E-state index contributed by atoms with van der Waals surface area (Å²) in [6, 6.07) is 4.22. The van der Waals surface area contributed by atoms with Crippen molar-refractivity contribution in [3.8, 4) is 5.88 Å². The Bertz CT molecular complexity index is 804. The maximum atomic E-state index is 12.0. The van der Waals surface area contributed by atoms with Gasteiger partial charge in [-0.25, -0.2) is 15.4 Å². The van der Waals surface area contributed by atoms with Crippen LogP contribution in [-0.4, -0.2) is 42.2 Å². The second-order valence-electron chi connectivity index (χ2n) is 6.53. The van der Waals surface area contributed by atoms with Gasteiger partial charge in [0.2, 0.25) is 0 Å². The van der Waals surface area contributed by atoms with Crippen LogP contribution in [0.2, 0.25) is 5.02 Å². The number of carbonyl (C=O) groups is 2. The summed E-state index contributed by atoms with van der Waals surface area (Å²) in [6.07, 6.45) is -1.55. The monoisotopic (exact) mass is 400 g/mol. The molecule has 2 aromatic rings. The standard InChI is InChI=1S/C16H21ClN4O6/c1-16(2,3)26-14(22)19-10(8-25-15(23)20-18)7-24-13-11-6-9(17)4-5-12(11)27-21-13/h4-6,10H,7-8,18H2,1-3H3,(H,19,22)(H,20,23). The molecule has 10 nitrogen and oxygen atoms in total. The molecule has 1 aromatic carbocycles. The van der Waals surface area contributed by atoms with Crippen molar-refractivity contribution < 1.29 is 28.3 Å². The number of aromatic nitrogens is 1. The van der Waals surface area contributed by atoms with Crippen LogP contribution in [0.1, 0.15) is 20.8 Å². The van der Waals surface area contributed by atoms with E-state index in [-0.39, 0.29) is 19.1 Å². The van der Waals surface area contributed by atoms with Gasteiger partial charge in [-0.15, -0.1) is 0 Å². The molecular formula is C16H21ClN4O6. The zero-order valence-electron chi connectivity index (χ0n) is 15.1. The van der Waals surface area contributed by atoms with E-state index in [2.05, 4.69) is 10.5 Å². The fourth-order valence-electron chi connectivity index (χ4n) is 2.00. The number of hydrogen-bond donors (Lipinski definition) is 3. The van der Waals surface area contributed by atoms with E-state index >= 15 is 0 Å². The van der Waals surface area contributed by atoms with E-state index in [9.17, 15) is 9.59 Å². The zero-order chi connectivity index (χ0) is 20.0. The second-order valence-corrected chi connectivity index (χ2v) is 6.96. The van der Waals surface area contributed by atoms with Gasteiger partial charge in [0, 0.05) is 5.02 Å². The number of alkyl carbamates (subject to hydrolysis) is 1. The number of nitrogens with zero attached hydrogens (tertiary/aromatic N) is 1. The Morgan fingerprint density at radius 3 is 2.70 bits per heavy atom. The number of ether oxygens (including phenoxy) is 3. The SMILES string of the molecule is CC(C)(C)OC(=O)NC(COC(=O)NN)COc1noc2ccc(Cl)cc12. The molecule has 0 saturated heterocycles. The molecule has 27 heavy (non-hydrogen) atoms. The van der Waals surface area contributed by atoms with Crippen molar-refractivity contribution in [2.75, 3.05) is 13.2 Å². The fourth-order valence-corrected chi connectivity index (χ4v) is 2.17. The molecule has 1 aromatic heterocycles. The number of hydrazine groups is 1. The molecule has 1 atom stereocenters. The van der Waals surface area contributed by atoms with Crippen LogP contribution in [-0.2, 0) is 9.47 Å². The van der Waals surface area contributed by atoms with Crippen molar-refractivity contribution in [3.05, 3.63) is 23.2 Å².